The Bertz CT molecular complexity index is 910. The van der Waals surface area contributed by atoms with Crippen LogP contribution in [0.5, 0.6) is 5.75 Å². The number of carbonyl (C=O) groups is 1. The minimum atomic E-state index is -3.92. The molecule has 0 aliphatic heterocycles. The van der Waals surface area contributed by atoms with Crippen LogP contribution in [0.4, 0.5) is 5.69 Å². The third-order valence-corrected chi connectivity index (χ3v) is 6.98. The van der Waals surface area contributed by atoms with Crippen LogP contribution in [0, 0.1) is 0 Å². The van der Waals surface area contributed by atoms with Crippen LogP contribution in [-0.4, -0.2) is 45.0 Å². The van der Waals surface area contributed by atoms with Crippen molar-refractivity contribution in [3.05, 3.63) is 54.6 Å². The molecule has 0 aliphatic carbocycles. The number of anilines is 1. The first-order valence-corrected chi connectivity index (χ1v) is 11.7. The van der Waals surface area contributed by atoms with Crippen molar-refractivity contribution in [1.29, 1.82) is 0 Å². The lowest BCUT2D eigenvalue weighted by Crippen LogP contribution is -2.41. The second-order valence-electron chi connectivity index (χ2n) is 7.34. The van der Waals surface area contributed by atoms with Gasteiger partial charge in [-0.05, 0) is 24.3 Å². The molecule has 0 aromatic heterocycles. The van der Waals surface area contributed by atoms with Crippen molar-refractivity contribution in [3.8, 4) is 5.75 Å². The van der Waals surface area contributed by atoms with Crippen LogP contribution in [-0.2, 0) is 14.8 Å². The average Bonchev–Trinajstić information content (AvgIpc) is 2.69. The molecule has 8 heteroatoms. The number of nitrogens with zero attached hydrogens (tertiary/aromatic N) is 1. The molecule has 0 atom stereocenters. The highest BCUT2D eigenvalue weighted by Gasteiger charge is 2.27. The molecule has 2 aromatic rings. The Morgan fingerprint density at radius 1 is 1.10 bits per heavy atom. The molecule has 0 heterocycles. The van der Waals surface area contributed by atoms with E-state index in [0.29, 0.717) is 18.0 Å². The van der Waals surface area contributed by atoms with Crippen LogP contribution >= 0.6 is 11.8 Å². The maximum atomic E-state index is 13.2. The predicted octanol–water partition coefficient (Wildman–Crippen LogP) is 3.54. The van der Waals surface area contributed by atoms with E-state index >= 15 is 0 Å². The molecule has 29 heavy (non-hydrogen) atoms. The number of thioether (sulfide) groups is 1. The van der Waals surface area contributed by atoms with Crippen molar-refractivity contribution in [2.45, 2.75) is 30.4 Å². The summed E-state index contributed by atoms with van der Waals surface area (Å²) in [5.41, 5.74) is 0.368. The summed E-state index contributed by atoms with van der Waals surface area (Å²) in [4.78, 5) is 12.7. The Morgan fingerprint density at radius 3 is 2.41 bits per heavy atom. The number of carbonyl (C=O) groups excluding carboxylic acids is 1. The smallest absolute Gasteiger partial charge is 0.264 e. The van der Waals surface area contributed by atoms with Crippen molar-refractivity contribution in [1.82, 2.24) is 5.32 Å². The van der Waals surface area contributed by atoms with Gasteiger partial charge in [-0.3, -0.25) is 9.10 Å². The van der Waals surface area contributed by atoms with Gasteiger partial charge >= 0.3 is 0 Å². The third kappa shape index (κ3) is 6.97. The Kier molecular flexibility index (Phi) is 7.98. The monoisotopic (exact) mass is 436 g/mol. The highest BCUT2D eigenvalue weighted by atomic mass is 32.2. The topological polar surface area (TPSA) is 75.7 Å². The van der Waals surface area contributed by atoms with Crippen LogP contribution in [0.25, 0.3) is 0 Å². The lowest BCUT2D eigenvalue weighted by Gasteiger charge is -2.24. The molecule has 0 unspecified atom stereocenters. The van der Waals surface area contributed by atoms with Gasteiger partial charge in [0.05, 0.1) is 17.7 Å². The number of nitrogens with one attached hydrogen (secondary N) is 1. The molecule has 1 N–H and O–H groups in total. The third-order valence-electron chi connectivity index (χ3n) is 3.92. The second kappa shape index (κ2) is 10.0. The Balaban J connectivity index is 2.22. The zero-order chi connectivity index (χ0) is 21.5. The molecule has 0 saturated heterocycles. The molecule has 0 fully saturated rings. The summed E-state index contributed by atoms with van der Waals surface area (Å²) in [6, 6.07) is 14.7. The zero-order valence-corrected chi connectivity index (χ0v) is 18.8. The highest BCUT2D eigenvalue weighted by molar-refractivity contribution is 8.00. The quantitative estimate of drug-likeness (QED) is 0.609. The lowest BCUT2D eigenvalue weighted by atomic mass is 10.3. The summed E-state index contributed by atoms with van der Waals surface area (Å²) in [6.45, 7) is 6.48. The predicted molar refractivity (Wildman–Crippen MR) is 119 cm³/mol. The minimum absolute atomic E-state index is 0.105. The van der Waals surface area contributed by atoms with E-state index in [1.807, 2.05) is 0 Å². The molecule has 0 saturated carbocycles. The summed E-state index contributed by atoms with van der Waals surface area (Å²) in [6.07, 6.45) is 0. The lowest BCUT2D eigenvalue weighted by molar-refractivity contribution is -0.119. The van der Waals surface area contributed by atoms with E-state index in [0.717, 1.165) is 10.1 Å². The molecule has 2 aromatic carbocycles. The second-order valence-corrected chi connectivity index (χ2v) is 11.1. The fraction of sp³-hybridized carbons (Fsp3) is 0.381. The summed E-state index contributed by atoms with van der Waals surface area (Å²) in [5.74, 6) is 0.902. The number of sulfonamides is 1. The van der Waals surface area contributed by atoms with Gasteiger partial charge in [0.25, 0.3) is 10.0 Å². The number of rotatable bonds is 9. The first kappa shape index (κ1) is 23.1. The van der Waals surface area contributed by atoms with E-state index < -0.39 is 10.0 Å². The molecule has 0 spiro atoms. The Labute approximate surface area is 177 Å². The van der Waals surface area contributed by atoms with Gasteiger partial charge in [0.15, 0.2) is 0 Å². The molecule has 0 bridgehead atoms. The standard InChI is InChI=1S/C21H28N2O4S2/c1-21(2,3)28-14-13-22-20(24)16-23(17-9-8-10-18(15-17)27-4)29(25,26)19-11-6-5-7-12-19/h5-12,15H,13-14,16H2,1-4H3,(H,22,24). The van der Waals surface area contributed by atoms with E-state index in [4.69, 9.17) is 4.74 Å². The molecule has 2 rings (SSSR count). The first-order chi connectivity index (χ1) is 13.6. The molecular weight excluding hydrogens is 408 g/mol. The summed E-state index contributed by atoms with van der Waals surface area (Å²) < 4.78 is 32.9. The van der Waals surface area contributed by atoms with Crippen molar-refractivity contribution in [2.24, 2.45) is 0 Å². The van der Waals surface area contributed by atoms with E-state index in [2.05, 4.69) is 26.1 Å². The van der Waals surface area contributed by atoms with Gasteiger partial charge in [0.2, 0.25) is 5.91 Å². The molecular formula is C21H28N2O4S2. The highest BCUT2D eigenvalue weighted by Crippen LogP contribution is 2.27. The van der Waals surface area contributed by atoms with Crippen molar-refractivity contribution in [2.75, 3.05) is 30.3 Å². The van der Waals surface area contributed by atoms with Gasteiger partial charge in [-0.15, -0.1) is 0 Å². The van der Waals surface area contributed by atoms with Crippen LogP contribution < -0.4 is 14.4 Å². The average molecular weight is 437 g/mol. The van der Waals surface area contributed by atoms with Gasteiger partial charge in [-0.25, -0.2) is 8.42 Å². The summed E-state index contributed by atoms with van der Waals surface area (Å²) >= 11 is 1.74. The van der Waals surface area contributed by atoms with Crippen LogP contribution in [0.2, 0.25) is 0 Å². The van der Waals surface area contributed by atoms with Gasteiger partial charge < -0.3 is 10.1 Å². The van der Waals surface area contributed by atoms with Gasteiger partial charge in [0, 0.05) is 23.1 Å². The summed E-state index contributed by atoms with van der Waals surface area (Å²) in [7, 11) is -2.41. The Morgan fingerprint density at radius 2 is 1.79 bits per heavy atom. The summed E-state index contributed by atoms with van der Waals surface area (Å²) in [5, 5.41) is 2.81. The fourth-order valence-electron chi connectivity index (χ4n) is 2.53. The number of methoxy groups -OCH3 is 1. The number of benzene rings is 2. The van der Waals surface area contributed by atoms with Crippen LogP contribution in [0.1, 0.15) is 20.8 Å². The normalized spacial score (nSPS) is 11.7. The Hall–Kier alpha value is -2.19. The number of hydrogen-bond acceptors (Lipinski definition) is 5. The van der Waals surface area contributed by atoms with Crippen molar-refractivity contribution in [3.63, 3.8) is 0 Å². The van der Waals surface area contributed by atoms with E-state index in [-0.39, 0.29) is 22.1 Å². The zero-order valence-electron chi connectivity index (χ0n) is 17.2. The molecule has 158 valence electrons. The maximum absolute atomic E-state index is 13.2. The molecule has 0 aliphatic rings. The van der Waals surface area contributed by atoms with Gasteiger partial charge in [-0.2, -0.15) is 11.8 Å². The number of hydrogen-bond donors (Lipinski definition) is 1. The fourth-order valence-corrected chi connectivity index (χ4v) is 4.78. The molecule has 6 nitrogen and oxygen atoms in total. The van der Waals surface area contributed by atoms with E-state index in [1.165, 1.54) is 19.2 Å². The van der Waals surface area contributed by atoms with Gasteiger partial charge in [0.1, 0.15) is 12.3 Å². The van der Waals surface area contributed by atoms with Crippen molar-refractivity contribution < 1.29 is 17.9 Å². The maximum Gasteiger partial charge on any atom is 0.264 e. The largest absolute Gasteiger partial charge is 0.497 e. The number of amides is 1. The van der Waals surface area contributed by atoms with Crippen molar-refractivity contribution >= 4 is 33.4 Å². The number of ether oxygens (including phenoxy) is 1. The van der Waals surface area contributed by atoms with Crippen LogP contribution in [0.15, 0.2) is 59.5 Å². The SMILES string of the molecule is COc1cccc(N(CC(=O)NCCSC(C)(C)C)S(=O)(=O)c2ccccc2)c1. The van der Waals surface area contributed by atoms with E-state index in [1.54, 1.807) is 54.2 Å². The van der Waals surface area contributed by atoms with Gasteiger partial charge in [-0.1, -0.05) is 45.0 Å². The van der Waals surface area contributed by atoms with E-state index in [9.17, 15) is 13.2 Å². The minimum Gasteiger partial charge on any atom is -0.497 e. The molecule has 1 amide bonds. The first-order valence-electron chi connectivity index (χ1n) is 9.26. The molecule has 0 radical (unpaired) electrons. The van der Waals surface area contributed by atoms with Crippen LogP contribution in [0.3, 0.4) is 0 Å².